The molecule has 6 atom stereocenters. The Morgan fingerprint density at radius 1 is 1.22 bits per heavy atom. The maximum atomic E-state index is 11.4. The van der Waals surface area contributed by atoms with Gasteiger partial charge in [0.25, 0.3) is 0 Å². The highest BCUT2D eigenvalue weighted by atomic mass is 16.6. The van der Waals surface area contributed by atoms with Crippen molar-refractivity contribution in [2.75, 3.05) is 27.3 Å². The van der Waals surface area contributed by atoms with E-state index in [1.54, 1.807) is 7.05 Å². The standard InChI is InChI=1S/C14H28N2O7/c1-15-8(14(21)22-2)5-3-4-6-16-13-12(20)11(19)10(18)9(7-17)23-13/h8-13,15-20H,3-7H2,1-2H3. The molecule has 0 aliphatic carbocycles. The maximum Gasteiger partial charge on any atom is 0.322 e. The summed E-state index contributed by atoms with van der Waals surface area (Å²) in [5.74, 6) is -0.311. The number of unbranched alkanes of at least 4 members (excludes halogenated alkanes) is 1. The molecule has 1 aliphatic heterocycles. The van der Waals surface area contributed by atoms with E-state index >= 15 is 0 Å². The molecule has 9 nitrogen and oxygen atoms in total. The van der Waals surface area contributed by atoms with Crippen LogP contribution in [0, 0.1) is 0 Å². The molecule has 6 N–H and O–H groups in total. The quantitative estimate of drug-likeness (QED) is 0.196. The Balaban J connectivity index is 2.30. The lowest BCUT2D eigenvalue weighted by Crippen LogP contribution is -2.62. The molecule has 0 radical (unpaired) electrons. The van der Waals surface area contributed by atoms with Gasteiger partial charge in [0.2, 0.25) is 0 Å². The van der Waals surface area contributed by atoms with Gasteiger partial charge in [0.1, 0.15) is 36.7 Å². The molecule has 0 aromatic heterocycles. The molecule has 0 amide bonds. The fourth-order valence-electron chi connectivity index (χ4n) is 2.51. The Morgan fingerprint density at radius 3 is 2.48 bits per heavy atom. The highest BCUT2D eigenvalue weighted by Crippen LogP contribution is 2.19. The second-order valence-corrected chi connectivity index (χ2v) is 5.56. The van der Waals surface area contributed by atoms with Crippen molar-refractivity contribution in [3.05, 3.63) is 0 Å². The van der Waals surface area contributed by atoms with Crippen LogP contribution in [0.5, 0.6) is 0 Å². The minimum absolute atomic E-state index is 0.311. The molecule has 0 aromatic rings. The van der Waals surface area contributed by atoms with Crippen molar-refractivity contribution in [3.63, 3.8) is 0 Å². The van der Waals surface area contributed by atoms with Gasteiger partial charge in [0.15, 0.2) is 0 Å². The third kappa shape index (κ3) is 5.64. The summed E-state index contributed by atoms with van der Waals surface area (Å²) in [5, 5.41) is 44.1. The van der Waals surface area contributed by atoms with Gasteiger partial charge in [0, 0.05) is 0 Å². The van der Waals surface area contributed by atoms with Gasteiger partial charge in [-0.15, -0.1) is 0 Å². The number of hydrogen-bond acceptors (Lipinski definition) is 9. The summed E-state index contributed by atoms with van der Waals surface area (Å²) in [7, 11) is 3.03. The lowest BCUT2D eigenvalue weighted by molar-refractivity contribution is -0.236. The number of likely N-dealkylation sites (N-methyl/N-ethyl adjacent to an activating group) is 1. The molecular weight excluding hydrogens is 308 g/mol. The number of aliphatic hydroxyl groups is 4. The van der Waals surface area contributed by atoms with E-state index < -0.39 is 37.3 Å². The first-order valence-electron chi connectivity index (χ1n) is 7.75. The van der Waals surface area contributed by atoms with Gasteiger partial charge < -0.3 is 35.2 Å². The second kappa shape index (κ2) is 10.1. The summed E-state index contributed by atoms with van der Waals surface area (Å²) in [6.45, 7) is 0.0341. The molecule has 23 heavy (non-hydrogen) atoms. The predicted octanol–water partition coefficient (Wildman–Crippen LogP) is -2.69. The van der Waals surface area contributed by atoms with Crippen LogP contribution in [-0.4, -0.2) is 90.4 Å². The third-order valence-corrected chi connectivity index (χ3v) is 3.99. The largest absolute Gasteiger partial charge is 0.468 e. The van der Waals surface area contributed by atoms with E-state index in [1.165, 1.54) is 7.11 Å². The van der Waals surface area contributed by atoms with E-state index in [2.05, 4.69) is 15.4 Å². The molecule has 9 heteroatoms. The van der Waals surface area contributed by atoms with Crippen molar-refractivity contribution in [1.29, 1.82) is 0 Å². The maximum absolute atomic E-state index is 11.4. The Labute approximate surface area is 135 Å². The van der Waals surface area contributed by atoms with Crippen molar-refractivity contribution in [2.24, 2.45) is 0 Å². The SMILES string of the molecule is CNC(CCCCNC1OC(CO)C(O)C(O)C1O)C(=O)OC. The van der Waals surface area contributed by atoms with Crippen LogP contribution >= 0.6 is 0 Å². The second-order valence-electron chi connectivity index (χ2n) is 5.56. The zero-order chi connectivity index (χ0) is 17.4. The van der Waals surface area contributed by atoms with Crippen LogP contribution in [0.3, 0.4) is 0 Å². The molecular formula is C14H28N2O7. The van der Waals surface area contributed by atoms with Crippen LogP contribution in [0.4, 0.5) is 0 Å². The zero-order valence-corrected chi connectivity index (χ0v) is 13.5. The van der Waals surface area contributed by atoms with E-state index in [4.69, 9.17) is 9.84 Å². The van der Waals surface area contributed by atoms with Crippen molar-refractivity contribution >= 4 is 5.97 Å². The van der Waals surface area contributed by atoms with Crippen LogP contribution in [0.1, 0.15) is 19.3 Å². The number of carbonyl (C=O) groups excluding carboxylic acids is 1. The summed E-state index contributed by atoms with van der Waals surface area (Å²) < 4.78 is 10.00. The predicted molar refractivity (Wildman–Crippen MR) is 80.5 cm³/mol. The van der Waals surface area contributed by atoms with Gasteiger partial charge in [-0.2, -0.15) is 0 Å². The topological polar surface area (TPSA) is 141 Å². The Kier molecular flexibility index (Phi) is 8.92. The minimum atomic E-state index is -1.38. The van der Waals surface area contributed by atoms with Crippen molar-refractivity contribution in [1.82, 2.24) is 10.6 Å². The molecule has 6 unspecified atom stereocenters. The Morgan fingerprint density at radius 2 is 1.91 bits per heavy atom. The van der Waals surface area contributed by atoms with E-state index in [0.717, 1.165) is 6.42 Å². The number of rotatable bonds is 9. The molecule has 1 fully saturated rings. The minimum Gasteiger partial charge on any atom is -0.468 e. The molecule has 1 aliphatic rings. The van der Waals surface area contributed by atoms with Gasteiger partial charge in [0.05, 0.1) is 13.7 Å². The first-order chi connectivity index (χ1) is 11.0. The fraction of sp³-hybridized carbons (Fsp3) is 0.929. The molecule has 1 heterocycles. The van der Waals surface area contributed by atoms with Crippen LogP contribution in [-0.2, 0) is 14.3 Å². The Hall–Kier alpha value is -0.810. The molecule has 0 saturated carbocycles. The van der Waals surface area contributed by atoms with Gasteiger partial charge in [-0.3, -0.25) is 10.1 Å². The molecule has 1 saturated heterocycles. The number of methoxy groups -OCH3 is 1. The summed E-state index contributed by atoms with van der Waals surface area (Å²) in [5.41, 5.74) is 0. The summed E-state index contributed by atoms with van der Waals surface area (Å²) in [4.78, 5) is 11.4. The van der Waals surface area contributed by atoms with E-state index in [9.17, 15) is 20.1 Å². The van der Waals surface area contributed by atoms with Crippen molar-refractivity contribution in [3.8, 4) is 0 Å². The lowest BCUT2D eigenvalue weighted by Gasteiger charge is -2.40. The molecule has 0 bridgehead atoms. The summed E-state index contributed by atoms with van der Waals surface area (Å²) in [6, 6.07) is -0.354. The number of carbonyl (C=O) groups is 1. The first kappa shape index (κ1) is 20.2. The van der Waals surface area contributed by atoms with E-state index in [1.807, 2.05) is 0 Å². The number of hydrogen-bond donors (Lipinski definition) is 6. The van der Waals surface area contributed by atoms with Gasteiger partial charge in [-0.1, -0.05) is 6.42 Å². The first-order valence-corrected chi connectivity index (χ1v) is 7.75. The number of esters is 1. The number of aliphatic hydroxyl groups excluding tert-OH is 4. The average molecular weight is 336 g/mol. The normalized spacial score (nSPS) is 32.5. The van der Waals surface area contributed by atoms with Crippen molar-refractivity contribution < 1.29 is 34.7 Å². The van der Waals surface area contributed by atoms with Gasteiger partial charge >= 0.3 is 5.97 Å². The summed E-state index contributed by atoms with van der Waals surface area (Å²) in [6.07, 6.45) is -3.75. The van der Waals surface area contributed by atoms with E-state index in [0.29, 0.717) is 19.4 Å². The zero-order valence-electron chi connectivity index (χ0n) is 13.5. The Bertz CT molecular complexity index is 356. The van der Waals surface area contributed by atoms with Crippen molar-refractivity contribution in [2.45, 2.75) is 55.9 Å². The van der Waals surface area contributed by atoms with Crippen LogP contribution < -0.4 is 10.6 Å². The number of ether oxygens (including phenoxy) is 2. The lowest BCUT2D eigenvalue weighted by atomic mass is 9.98. The van der Waals surface area contributed by atoms with Crippen LogP contribution in [0.2, 0.25) is 0 Å². The number of nitrogens with one attached hydrogen (secondary N) is 2. The average Bonchev–Trinajstić information content (AvgIpc) is 2.57. The molecule has 0 spiro atoms. The highest BCUT2D eigenvalue weighted by Gasteiger charge is 2.43. The molecule has 136 valence electrons. The monoisotopic (exact) mass is 336 g/mol. The fourth-order valence-corrected chi connectivity index (χ4v) is 2.51. The van der Waals surface area contributed by atoms with Gasteiger partial charge in [-0.25, -0.2) is 0 Å². The highest BCUT2D eigenvalue weighted by molar-refractivity contribution is 5.75. The third-order valence-electron chi connectivity index (χ3n) is 3.99. The molecule has 0 aromatic carbocycles. The smallest absolute Gasteiger partial charge is 0.322 e. The van der Waals surface area contributed by atoms with E-state index in [-0.39, 0.29) is 12.0 Å². The van der Waals surface area contributed by atoms with Gasteiger partial charge in [-0.05, 0) is 26.4 Å². The van der Waals surface area contributed by atoms with Crippen LogP contribution in [0.15, 0.2) is 0 Å². The summed E-state index contributed by atoms with van der Waals surface area (Å²) >= 11 is 0. The molecule has 1 rings (SSSR count). The van der Waals surface area contributed by atoms with Crippen LogP contribution in [0.25, 0.3) is 0 Å².